The highest BCUT2D eigenvalue weighted by Gasteiger charge is 2.31. The van der Waals surface area contributed by atoms with Gasteiger partial charge in [-0.1, -0.05) is 20.8 Å². The number of hydrogen-bond donors (Lipinski definition) is 3. The van der Waals surface area contributed by atoms with E-state index in [0.29, 0.717) is 47.9 Å². The normalized spacial score (nSPS) is 15.1. The summed E-state index contributed by atoms with van der Waals surface area (Å²) < 4.78 is 11.5. The summed E-state index contributed by atoms with van der Waals surface area (Å²) >= 11 is 0. The predicted octanol–water partition coefficient (Wildman–Crippen LogP) is 3.83. The zero-order valence-electron chi connectivity index (χ0n) is 24.6. The number of carbonyl (C=O) groups excluding carboxylic acids is 2. The molecule has 1 amide bonds. The van der Waals surface area contributed by atoms with Crippen molar-refractivity contribution in [2.75, 3.05) is 39.9 Å². The second-order valence-electron chi connectivity index (χ2n) is 11.6. The number of Topliss-reactive ketones (excluding diaryl/α,β-unsaturated/α-hetero) is 1. The fourth-order valence-corrected chi connectivity index (χ4v) is 5.43. The Hall–Kier alpha value is -3.92. The number of nitrogens with one attached hydrogen (secondary N) is 2. The first kappa shape index (κ1) is 30.0. The molecule has 1 saturated heterocycles. The molecular formula is C31H40N4O6. The topological polar surface area (TPSA) is 132 Å². The van der Waals surface area contributed by atoms with Gasteiger partial charge in [0.05, 0.1) is 18.7 Å². The van der Waals surface area contributed by atoms with E-state index >= 15 is 0 Å². The standard InChI is InChI=1S/C31H40N4O6/c1-6-40-26-13-20-16-35(29(32)22(20)14-23(26)30(39)33-5)17-25(36)19-11-21(15-34-9-7-8-10-34)28(41-18-27(37)38)24(12-19)31(2,3)4/h11-14,32H,6-10,15-18H2,1-5H3,(H,33,39)(H,37,38). The molecule has 2 heterocycles. The monoisotopic (exact) mass is 564 g/mol. The molecule has 1 fully saturated rings. The van der Waals surface area contributed by atoms with Gasteiger partial charge in [-0.3, -0.25) is 19.9 Å². The number of amidine groups is 1. The Kier molecular flexibility index (Phi) is 9.01. The van der Waals surface area contributed by atoms with Gasteiger partial charge in [-0.2, -0.15) is 0 Å². The molecule has 10 heteroatoms. The number of rotatable bonds is 11. The first-order valence-corrected chi connectivity index (χ1v) is 14.1. The Morgan fingerprint density at radius 2 is 1.78 bits per heavy atom. The maximum absolute atomic E-state index is 13.8. The summed E-state index contributed by atoms with van der Waals surface area (Å²) in [4.78, 5) is 41.6. The third kappa shape index (κ3) is 6.70. The van der Waals surface area contributed by atoms with Crippen LogP contribution in [0.15, 0.2) is 24.3 Å². The van der Waals surface area contributed by atoms with Gasteiger partial charge in [0.1, 0.15) is 17.3 Å². The lowest BCUT2D eigenvalue weighted by Gasteiger charge is -2.27. The van der Waals surface area contributed by atoms with Crippen LogP contribution in [0.1, 0.15) is 83.5 Å². The Labute approximate surface area is 241 Å². The Morgan fingerprint density at radius 1 is 1.07 bits per heavy atom. The van der Waals surface area contributed by atoms with E-state index in [-0.39, 0.29) is 24.1 Å². The lowest BCUT2D eigenvalue weighted by atomic mass is 9.83. The molecule has 0 radical (unpaired) electrons. The smallest absolute Gasteiger partial charge is 0.341 e. The van der Waals surface area contributed by atoms with E-state index in [0.717, 1.165) is 42.6 Å². The van der Waals surface area contributed by atoms with Gasteiger partial charge in [0, 0.05) is 42.4 Å². The van der Waals surface area contributed by atoms with Crippen LogP contribution in [0.3, 0.4) is 0 Å². The number of carboxylic acid groups (broad SMARTS) is 1. The number of aliphatic carboxylic acids is 1. The van der Waals surface area contributed by atoms with E-state index in [1.165, 1.54) is 0 Å². The van der Waals surface area contributed by atoms with Gasteiger partial charge in [-0.25, -0.2) is 4.79 Å². The molecule has 2 aliphatic rings. The molecule has 0 bridgehead atoms. The van der Waals surface area contributed by atoms with Crippen LogP contribution >= 0.6 is 0 Å². The molecule has 4 rings (SSSR count). The second-order valence-corrected chi connectivity index (χ2v) is 11.6. The number of carboxylic acids is 1. The minimum atomic E-state index is -1.06. The van der Waals surface area contributed by atoms with E-state index in [9.17, 15) is 19.5 Å². The molecule has 2 aromatic rings. The van der Waals surface area contributed by atoms with E-state index in [2.05, 4.69) is 10.2 Å². The Morgan fingerprint density at radius 3 is 2.39 bits per heavy atom. The van der Waals surface area contributed by atoms with Crippen LogP contribution in [0.4, 0.5) is 0 Å². The molecule has 0 unspecified atom stereocenters. The zero-order chi connectivity index (χ0) is 29.9. The number of amides is 1. The molecule has 3 N–H and O–H groups in total. The van der Waals surface area contributed by atoms with Gasteiger partial charge in [-0.05, 0) is 68.1 Å². The summed E-state index contributed by atoms with van der Waals surface area (Å²) in [5.74, 6) is -0.367. The highest BCUT2D eigenvalue weighted by atomic mass is 16.5. The summed E-state index contributed by atoms with van der Waals surface area (Å²) in [6.45, 7) is 10.6. The highest BCUT2D eigenvalue weighted by Crippen LogP contribution is 2.37. The number of nitrogens with zero attached hydrogens (tertiary/aromatic N) is 2. The molecule has 0 aliphatic carbocycles. The van der Waals surface area contributed by atoms with E-state index < -0.39 is 18.0 Å². The van der Waals surface area contributed by atoms with Crippen molar-refractivity contribution in [3.8, 4) is 11.5 Å². The fraction of sp³-hybridized carbons (Fsp3) is 0.484. The van der Waals surface area contributed by atoms with Crippen molar-refractivity contribution >= 4 is 23.5 Å². The Balaban J connectivity index is 1.66. The molecule has 0 aromatic heterocycles. The minimum Gasteiger partial charge on any atom is -0.493 e. The van der Waals surface area contributed by atoms with Crippen molar-refractivity contribution in [3.05, 3.63) is 57.6 Å². The molecule has 0 spiro atoms. The van der Waals surface area contributed by atoms with Crippen molar-refractivity contribution in [1.29, 1.82) is 5.41 Å². The van der Waals surface area contributed by atoms with Crippen LogP contribution in [0.5, 0.6) is 11.5 Å². The van der Waals surface area contributed by atoms with Crippen molar-refractivity contribution in [3.63, 3.8) is 0 Å². The summed E-state index contributed by atoms with van der Waals surface area (Å²) in [5, 5.41) is 20.7. The average Bonchev–Trinajstić information content (AvgIpc) is 3.53. The first-order chi connectivity index (χ1) is 19.4. The molecule has 10 nitrogen and oxygen atoms in total. The zero-order valence-corrected chi connectivity index (χ0v) is 24.6. The molecule has 41 heavy (non-hydrogen) atoms. The lowest BCUT2D eigenvalue weighted by Crippen LogP contribution is -2.31. The number of likely N-dealkylation sites (tertiary alicyclic amines) is 1. The second kappa shape index (κ2) is 12.3. The number of ketones is 1. The third-order valence-electron chi connectivity index (χ3n) is 7.47. The van der Waals surface area contributed by atoms with Gasteiger partial charge in [0.2, 0.25) is 0 Å². The quantitative estimate of drug-likeness (QED) is 0.351. The van der Waals surface area contributed by atoms with Gasteiger partial charge >= 0.3 is 5.97 Å². The van der Waals surface area contributed by atoms with E-state index in [4.69, 9.17) is 14.9 Å². The van der Waals surface area contributed by atoms with Gasteiger partial charge in [0.15, 0.2) is 12.4 Å². The van der Waals surface area contributed by atoms with Crippen molar-refractivity contribution in [2.24, 2.45) is 0 Å². The maximum atomic E-state index is 13.8. The molecular weight excluding hydrogens is 524 g/mol. The van der Waals surface area contributed by atoms with E-state index in [1.54, 1.807) is 30.1 Å². The van der Waals surface area contributed by atoms with Crippen LogP contribution in [0.2, 0.25) is 0 Å². The van der Waals surface area contributed by atoms with Crippen molar-refractivity contribution in [2.45, 2.75) is 59.0 Å². The highest BCUT2D eigenvalue weighted by molar-refractivity contribution is 6.07. The van der Waals surface area contributed by atoms with Gasteiger partial charge < -0.3 is 24.8 Å². The Bertz CT molecular complexity index is 1360. The van der Waals surface area contributed by atoms with Crippen molar-refractivity contribution in [1.82, 2.24) is 15.1 Å². The largest absolute Gasteiger partial charge is 0.493 e. The summed E-state index contributed by atoms with van der Waals surface area (Å²) in [6, 6.07) is 7.06. The number of ether oxygens (including phenoxy) is 2. The summed E-state index contributed by atoms with van der Waals surface area (Å²) in [7, 11) is 1.55. The number of benzene rings is 2. The third-order valence-corrected chi connectivity index (χ3v) is 7.47. The van der Waals surface area contributed by atoms with Gasteiger partial charge in [0.25, 0.3) is 5.91 Å². The lowest BCUT2D eigenvalue weighted by molar-refractivity contribution is -0.139. The first-order valence-electron chi connectivity index (χ1n) is 14.1. The van der Waals surface area contributed by atoms with Crippen LogP contribution in [-0.4, -0.2) is 78.3 Å². The number of fused-ring (bicyclic) bond motifs is 1. The molecule has 0 atom stereocenters. The molecule has 2 aromatic carbocycles. The SMILES string of the molecule is CCOc1cc2c(cc1C(=O)NC)C(=N)N(CC(=O)c1cc(CN3CCCC3)c(OCC(=O)O)c(C(C)(C)C)c1)C2. The molecule has 0 saturated carbocycles. The number of hydrogen-bond acceptors (Lipinski definition) is 7. The van der Waals surface area contributed by atoms with Crippen LogP contribution in [-0.2, 0) is 23.3 Å². The van der Waals surface area contributed by atoms with Crippen LogP contribution < -0.4 is 14.8 Å². The maximum Gasteiger partial charge on any atom is 0.341 e. The van der Waals surface area contributed by atoms with Crippen LogP contribution in [0.25, 0.3) is 0 Å². The van der Waals surface area contributed by atoms with E-state index in [1.807, 2.05) is 33.8 Å². The predicted molar refractivity (Wildman–Crippen MR) is 155 cm³/mol. The fourth-order valence-electron chi connectivity index (χ4n) is 5.43. The summed E-state index contributed by atoms with van der Waals surface area (Å²) in [5.41, 5.74) is 3.42. The molecule has 2 aliphatic heterocycles. The molecule has 220 valence electrons. The number of carbonyl (C=O) groups is 3. The minimum absolute atomic E-state index is 0.0190. The average molecular weight is 565 g/mol. The van der Waals surface area contributed by atoms with Gasteiger partial charge in [-0.15, -0.1) is 0 Å². The summed E-state index contributed by atoms with van der Waals surface area (Å²) in [6.07, 6.45) is 2.20. The van der Waals surface area contributed by atoms with Crippen LogP contribution in [0, 0.1) is 5.41 Å². The van der Waals surface area contributed by atoms with Crippen molar-refractivity contribution < 1.29 is 29.0 Å².